The molecule has 1 unspecified atom stereocenters. The first-order chi connectivity index (χ1) is 9.65. The molecule has 1 aliphatic heterocycles. The first-order valence-corrected chi connectivity index (χ1v) is 8.28. The molecule has 1 aromatic heterocycles. The van der Waals surface area contributed by atoms with Crippen molar-refractivity contribution in [2.24, 2.45) is 0 Å². The van der Waals surface area contributed by atoms with Gasteiger partial charge in [-0.25, -0.2) is 0 Å². The molecule has 1 aliphatic rings. The average molecular weight is 351 g/mol. The van der Waals surface area contributed by atoms with E-state index in [1.165, 1.54) is 5.56 Å². The van der Waals surface area contributed by atoms with Crippen LogP contribution in [-0.4, -0.2) is 17.4 Å². The van der Waals surface area contributed by atoms with E-state index in [2.05, 4.69) is 32.8 Å². The lowest BCUT2D eigenvalue weighted by atomic mass is 10.1. The largest absolute Gasteiger partial charge is 0.399 e. The number of carbonyl (C=O) groups is 1. The minimum Gasteiger partial charge on any atom is -0.399 e. The summed E-state index contributed by atoms with van der Waals surface area (Å²) in [6.45, 7) is 0.811. The lowest BCUT2D eigenvalue weighted by molar-refractivity contribution is 0.0736. The Morgan fingerprint density at radius 3 is 2.95 bits per heavy atom. The van der Waals surface area contributed by atoms with E-state index >= 15 is 0 Å². The number of benzene rings is 1. The van der Waals surface area contributed by atoms with E-state index in [0.29, 0.717) is 11.3 Å². The number of thiophene rings is 1. The van der Waals surface area contributed by atoms with Gasteiger partial charge in [-0.1, -0.05) is 15.9 Å². The molecule has 2 aromatic rings. The SMILES string of the molecule is Nc1cc(Br)cc(C(=O)N2CCCC2c2ccsc2)c1. The van der Waals surface area contributed by atoms with Crippen molar-refractivity contribution >= 4 is 38.9 Å². The lowest BCUT2D eigenvalue weighted by Crippen LogP contribution is -2.30. The van der Waals surface area contributed by atoms with E-state index in [1.807, 2.05) is 11.0 Å². The molecule has 20 heavy (non-hydrogen) atoms. The van der Waals surface area contributed by atoms with Crippen molar-refractivity contribution < 1.29 is 4.79 Å². The van der Waals surface area contributed by atoms with Crippen molar-refractivity contribution in [1.29, 1.82) is 0 Å². The number of nitrogens with two attached hydrogens (primary N) is 1. The predicted molar refractivity (Wildman–Crippen MR) is 85.9 cm³/mol. The highest BCUT2D eigenvalue weighted by Gasteiger charge is 2.30. The molecule has 0 saturated carbocycles. The van der Waals surface area contributed by atoms with Gasteiger partial charge in [0.05, 0.1) is 6.04 Å². The molecule has 5 heteroatoms. The van der Waals surface area contributed by atoms with Crippen LogP contribution in [0.25, 0.3) is 0 Å². The Hall–Kier alpha value is -1.33. The highest BCUT2D eigenvalue weighted by molar-refractivity contribution is 9.10. The first-order valence-electron chi connectivity index (χ1n) is 6.54. The maximum atomic E-state index is 12.7. The third kappa shape index (κ3) is 2.60. The van der Waals surface area contributed by atoms with Crippen molar-refractivity contribution in [1.82, 2.24) is 4.90 Å². The molecule has 0 aliphatic carbocycles. The van der Waals surface area contributed by atoms with Crippen LogP contribution in [0.2, 0.25) is 0 Å². The van der Waals surface area contributed by atoms with E-state index in [4.69, 9.17) is 5.73 Å². The normalized spacial score (nSPS) is 18.4. The first kappa shape index (κ1) is 13.6. The van der Waals surface area contributed by atoms with Crippen molar-refractivity contribution in [2.75, 3.05) is 12.3 Å². The van der Waals surface area contributed by atoms with E-state index in [0.717, 1.165) is 23.9 Å². The molecule has 1 fully saturated rings. The zero-order valence-electron chi connectivity index (χ0n) is 10.9. The van der Waals surface area contributed by atoms with Gasteiger partial charge in [-0.15, -0.1) is 0 Å². The molecule has 3 nitrogen and oxygen atoms in total. The average Bonchev–Trinajstić information content (AvgIpc) is 3.07. The second-order valence-corrected chi connectivity index (χ2v) is 6.68. The van der Waals surface area contributed by atoms with E-state index in [-0.39, 0.29) is 11.9 Å². The fourth-order valence-corrected chi connectivity index (χ4v) is 3.94. The van der Waals surface area contributed by atoms with Gasteiger partial charge < -0.3 is 10.6 Å². The smallest absolute Gasteiger partial charge is 0.254 e. The number of nitrogen functional groups attached to an aromatic ring is 1. The summed E-state index contributed by atoms with van der Waals surface area (Å²) in [5, 5.41) is 4.19. The zero-order valence-corrected chi connectivity index (χ0v) is 13.3. The number of carbonyl (C=O) groups excluding carboxylic acids is 1. The Labute approximate surface area is 130 Å². The third-order valence-corrected chi connectivity index (χ3v) is 4.77. The molecule has 2 N–H and O–H groups in total. The minimum atomic E-state index is 0.0618. The molecule has 1 atom stereocenters. The third-order valence-electron chi connectivity index (χ3n) is 3.61. The molecular weight excluding hydrogens is 336 g/mol. The molecule has 0 radical (unpaired) electrons. The Morgan fingerprint density at radius 1 is 1.40 bits per heavy atom. The zero-order chi connectivity index (χ0) is 14.1. The van der Waals surface area contributed by atoms with Crippen LogP contribution in [0.15, 0.2) is 39.5 Å². The van der Waals surface area contributed by atoms with Gasteiger partial charge in [-0.3, -0.25) is 4.79 Å². The Balaban J connectivity index is 1.89. The molecule has 2 heterocycles. The molecule has 1 aromatic carbocycles. The minimum absolute atomic E-state index is 0.0618. The highest BCUT2D eigenvalue weighted by Crippen LogP contribution is 2.34. The summed E-state index contributed by atoms with van der Waals surface area (Å²) in [6, 6.07) is 7.69. The maximum absolute atomic E-state index is 12.7. The molecular formula is C15H15BrN2OS. The summed E-state index contributed by atoms with van der Waals surface area (Å²) >= 11 is 5.07. The number of likely N-dealkylation sites (tertiary alicyclic amines) is 1. The topological polar surface area (TPSA) is 46.3 Å². The fourth-order valence-electron chi connectivity index (χ4n) is 2.72. The summed E-state index contributed by atoms with van der Waals surface area (Å²) in [4.78, 5) is 14.7. The Bertz CT molecular complexity index is 607. The second kappa shape index (κ2) is 5.58. The molecule has 0 bridgehead atoms. The van der Waals surface area contributed by atoms with Gasteiger partial charge in [-0.2, -0.15) is 11.3 Å². The number of nitrogens with zero attached hydrogens (tertiary/aromatic N) is 1. The number of halogens is 1. The highest BCUT2D eigenvalue weighted by atomic mass is 79.9. The van der Waals surface area contributed by atoms with Crippen LogP contribution in [-0.2, 0) is 0 Å². The molecule has 3 rings (SSSR count). The molecule has 1 amide bonds. The van der Waals surface area contributed by atoms with Crippen LogP contribution >= 0.6 is 27.3 Å². The molecule has 0 spiro atoms. The number of anilines is 1. The standard InChI is InChI=1S/C15H15BrN2OS/c16-12-6-11(7-13(17)8-12)15(19)18-4-1-2-14(18)10-3-5-20-9-10/h3,5-9,14H,1-2,4,17H2. The number of hydrogen-bond acceptors (Lipinski definition) is 3. The predicted octanol–water partition coefficient (Wildman–Crippen LogP) is 4.07. The van der Waals surface area contributed by atoms with Crippen molar-refractivity contribution in [3.05, 3.63) is 50.6 Å². The van der Waals surface area contributed by atoms with Crippen LogP contribution in [0.4, 0.5) is 5.69 Å². The van der Waals surface area contributed by atoms with Crippen molar-refractivity contribution in [3.63, 3.8) is 0 Å². The van der Waals surface area contributed by atoms with Crippen LogP contribution in [0.3, 0.4) is 0 Å². The summed E-state index contributed by atoms with van der Waals surface area (Å²) in [6.07, 6.45) is 2.09. The van der Waals surface area contributed by atoms with Crippen LogP contribution in [0, 0.1) is 0 Å². The van der Waals surface area contributed by atoms with E-state index < -0.39 is 0 Å². The quantitative estimate of drug-likeness (QED) is 0.829. The fraction of sp³-hybridized carbons (Fsp3) is 0.267. The van der Waals surface area contributed by atoms with E-state index in [9.17, 15) is 4.79 Å². The van der Waals surface area contributed by atoms with Gasteiger partial charge >= 0.3 is 0 Å². The number of amides is 1. The van der Waals surface area contributed by atoms with Gasteiger partial charge in [-0.05, 0) is 53.4 Å². The number of rotatable bonds is 2. The van der Waals surface area contributed by atoms with Gasteiger partial charge in [0.1, 0.15) is 0 Å². The van der Waals surface area contributed by atoms with Crippen molar-refractivity contribution in [2.45, 2.75) is 18.9 Å². The summed E-state index contributed by atoms with van der Waals surface area (Å²) < 4.78 is 0.840. The van der Waals surface area contributed by atoms with Crippen LogP contribution < -0.4 is 5.73 Å². The van der Waals surface area contributed by atoms with Crippen LogP contribution in [0.5, 0.6) is 0 Å². The van der Waals surface area contributed by atoms with Crippen LogP contribution in [0.1, 0.15) is 34.8 Å². The van der Waals surface area contributed by atoms with Gasteiger partial charge in [0.25, 0.3) is 5.91 Å². The maximum Gasteiger partial charge on any atom is 0.254 e. The Morgan fingerprint density at radius 2 is 2.25 bits per heavy atom. The number of hydrogen-bond donors (Lipinski definition) is 1. The Kier molecular flexibility index (Phi) is 3.81. The molecule has 104 valence electrons. The van der Waals surface area contributed by atoms with Gasteiger partial charge in [0, 0.05) is 22.3 Å². The van der Waals surface area contributed by atoms with Gasteiger partial charge in [0.2, 0.25) is 0 Å². The summed E-state index contributed by atoms with van der Waals surface area (Å²) in [5.41, 5.74) is 8.32. The second-order valence-electron chi connectivity index (χ2n) is 4.99. The molecule has 1 saturated heterocycles. The summed E-state index contributed by atoms with van der Waals surface area (Å²) in [7, 11) is 0. The van der Waals surface area contributed by atoms with Gasteiger partial charge in [0.15, 0.2) is 0 Å². The lowest BCUT2D eigenvalue weighted by Gasteiger charge is -2.24. The summed E-state index contributed by atoms with van der Waals surface area (Å²) in [5.74, 6) is 0.0618. The van der Waals surface area contributed by atoms with Crippen molar-refractivity contribution in [3.8, 4) is 0 Å². The van der Waals surface area contributed by atoms with E-state index in [1.54, 1.807) is 23.5 Å². The monoisotopic (exact) mass is 350 g/mol.